The summed E-state index contributed by atoms with van der Waals surface area (Å²) < 4.78 is 17.5. The molecule has 1 amide bonds. The van der Waals surface area contributed by atoms with E-state index in [4.69, 9.17) is 19.3 Å². The third-order valence-corrected chi connectivity index (χ3v) is 4.99. The maximum absolute atomic E-state index is 12.4. The Morgan fingerprint density at radius 1 is 1.32 bits per heavy atom. The van der Waals surface area contributed by atoms with Crippen LogP contribution in [-0.2, 0) is 25.6 Å². The summed E-state index contributed by atoms with van der Waals surface area (Å²) in [6.45, 7) is 5.09. The third kappa shape index (κ3) is 7.13. The molecule has 1 saturated heterocycles. The number of hydrogen-bond donors (Lipinski definition) is 2. The van der Waals surface area contributed by atoms with E-state index in [2.05, 4.69) is 12.2 Å². The monoisotopic (exact) mass is 393 g/mol. The van der Waals surface area contributed by atoms with Crippen LogP contribution in [0.5, 0.6) is 0 Å². The van der Waals surface area contributed by atoms with Crippen molar-refractivity contribution >= 4 is 12.1 Å². The fourth-order valence-electron chi connectivity index (χ4n) is 3.41. The molecule has 2 rings (SSSR count). The van der Waals surface area contributed by atoms with Crippen LogP contribution < -0.4 is 5.32 Å². The predicted octanol–water partition coefficient (Wildman–Crippen LogP) is 3.37. The van der Waals surface area contributed by atoms with Crippen molar-refractivity contribution in [3.8, 4) is 0 Å². The normalized spacial score (nSPS) is 25.9. The Kier molecular flexibility index (Phi) is 9.23. The van der Waals surface area contributed by atoms with Crippen molar-refractivity contribution < 1.29 is 28.9 Å². The van der Waals surface area contributed by atoms with E-state index in [0.29, 0.717) is 13.2 Å². The Morgan fingerprint density at radius 3 is 2.75 bits per heavy atom. The maximum atomic E-state index is 12.4. The van der Waals surface area contributed by atoms with Crippen LogP contribution in [0, 0.1) is 5.92 Å². The third-order valence-electron chi connectivity index (χ3n) is 4.99. The minimum Gasteiger partial charge on any atom is -0.465 e. The van der Waals surface area contributed by atoms with E-state index in [-0.39, 0.29) is 31.2 Å². The minimum atomic E-state index is -1.25. The highest BCUT2D eigenvalue weighted by molar-refractivity contribution is 5.80. The molecule has 1 aliphatic rings. The first-order chi connectivity index (χ1) is 13.5. The number of ether oxygens (including phenoxy) is 3. The number of unbranched alkanes of at least 4 members (excludes halogenated alkanes) is 1. The Balaban J connectivity index is 2.04. The molecule has 0 bridgehead atoms. The molecule has 4 atom stereocenters. The van der Waals surface area contributed by atoms with Crippen LogP contribution in [0.25, 0.3) is 0 Å². The van der Waals surface area contributed by atoms with E-state index in [1.165, 1.54) is 0 Å². The molecule has 0 radical (unpaired) electrons. The molecule has 0 saturated carbocycles. The molecule has 7 nitrogen and oxygen atoms in total. The summed E-state index contributed by atoms with van der Waals surface area (Å²) in [4.78, 5) is 23.3. The van der Waals surface area contributed by atoms with Crippen molar-refractivity contribution in [3.05, 3.63) is 35.9 Å². The lowest BCUT2D eigenvalue weighted by Gasteiger charge is -2.30. The van der Waals surface area contributed by atoms with Crippen molar-refractivity contribution in [2.45, 2.75) is 64.4 Å². The molecule has 28 heavy (non-hydrogen) atoms. The smallest absolute Gasteiger partial charge is 0.405 e. The van der Waals surface area contributed by atoms with E-state index in [9.17, 15) is 9.59 Å². The summed E-state index contributed by atoms with van der Waals surface area (Å²) in [6, 6.07) is 8.99. The van der Waals surface area contributed by atoms with Crippen molar-refractivity contribution in [3.63, 3.8) is 0 Å². The summed E-state index contributed by atoms with van der Waals surface area (Å²) in [5.74, 6) is -0.561. The molecule has 1 aliphatic heterocycles. The molecule has 0 aromatic heterocycles. The molecule has 156 valence electrons. The number of hydrogen-bond acceptors (Lipinski definition) is 5. The molecule has 0 aliphatic carbocycles. The Bertz CT molecular complexity index is 608. The number of nitrogens with one attached hydrogen (secondary N) is 1. The van der Waals surface area contributed by atoms with Gasteiger partial charge in [0.1, 0.15) is 12.1 Å². The van der Waals surface area contributed by atoms with Gasteiger partial charge in [-0.3, -0.25) is 0 Å². The van der Waals surface area contributed by atoms with Crippen LogP contribution in [0.15, 0.2) is 30.3 Å². The van der Waals surface area contributed by atoms with Gasteiger partial charge in [-0.25, -0.2) is 9.59 Å². The topological polar surface area (TPSA) is 94.1 Å². The van der Waals surface area contributed by atoms with Gasteiger partial charge < -0.3 is 24.6 Å². The van der Waals surface area contributed by atoms with Crippen LogP contribution in [-0.4, -0.2) is 48.6 Å². The van der Waals surface area contributed by atoms with Crippen molar-refractivity contribution in [2.24, 2.45) is 5.92 Å². The number of carbonyl (C=O) groups excluding carboxylic acids is 1. The van der Waals surface area contributed by atoms with Gasteiger partial charge in [0.25, 0.3) is 0 Å². The quantitative estimate of drug-likeness (QED) is 0.658. The minimum absolute atomic E-state index is 0.0109. The highest BCUT2D eigenvalue weighted by Crippen LogP contribution is 2.25. The van der Waals surface area contributed by atoms with Crippen molar-refractivity contribution in [1.29, 1.82) is 0 Å². The number of amides is 1. The number of esters is 1. The van der Waals surface area contributed by atoms with E-state index < -0.39 is 18.1 Å². The SMILES string of the molecule is CCCC[C@H]1[C@H](C)OC(=O)[C@@H](NC(=O)O)CCO[C@@H]1COCc1ccccc1. The Hall–Kier alpha value is -2.12. The standard InChI is InChI=1S/C21H31NO6/c1-3-4-10-17-15(2)28-20(23)18(22-21(24)25)11-12-27-19(17)14-26-13-16-8-6-5-7-9-16/h5-9,15,17-19,22H,3-4,10-14H2,1-2H3,(H,24,25)/t15-,17-,18-,19+/m0/s1. The molecule has 2 N–H and O–H groups in total. The molecule has 0 spiro atoms. The first-order valence-electron chi connectivity index (χ1n) is 9.94. The van der Waals surface area contributed by atoms with E-state index in [0.717, 1.165) is 24.8 Å². The molecule has 1 aromatic rings. The number of benzene rings is 1. The lowest BCUT2D eigenvalue weighted by Crippen LogP contribution is -2.43. The van der Waals surface area contributed by atoms with Crippen LogP contribution in [0.3, 0.4) is 0 Å². The summed E-state index contributed by atoms with van der Waals surface area (Å²) in [6.07, 6.45) is 1.23. The second kappa shape index (κ2) is 11.7. The van der Waals surface area contributed by atoms with Gasteiger partial charge in [0.2, 0.25) is 0 Å². The lowest BCUT2D eigenvalue weighted by atomic mass is 9.91. The van der Waals surface area contributed by atoms with Crippen LogP contribution in [0.2, 0.25) is 0 Å². The number of carboxylic acid groups (broad SMARTS) is 1. The number of rotatable bonds is 8. The molecule has 7 heteroatoms. The average molecular weight is 393 g/mol. The summed E-state index contributed by atoms with van der Waals surface area (Å²) in [5.41, 5.74) is 1.08. The zero-order chi connectivity index (χ0) is 20.4. The van der Waals surface area contributed by atoms with E-state index in [1.54, 1.807) is 0 Å². The van der Waals surface area contributed by atoms with Crippen LogP contribution in [0.1, 0.15) is 45.1 Å². The maximum Gasteiger partial charge on any atom is 0.405 e. The summed E-state index contributed by atoms with van der Waals surface area (Å²) >= 11 is 0. The van der Waals surface area contributed by atoms with Gasteiger partial charge in [-0.05, 0) is 18.9 Å². The number of carbonyl (C=O) groups is 2. The van der Waals surface area contributed by atoms with Gasteiger partial charge in [0, 0.05) is 18.9 Å². The van der Waals surface area contributed by atoms with Gasteiger partial charge in [0.15, 0.2) is 0 Å². The van der Waals surface area contributed by atoms with Gasteiger partial charge in [0.05, 0.1) is 19.3 Å². The zero-order valence-electron chi connectivity index (χ0n) is 16.6. The van der Waals surface area contributed by atoms with Crippen LogP contribution >= 0.6 is 0 Å². The highest BCUT2D eigenvalue weighted by atomic mass is 16.6. The second-order valence-electron chi connectivity index (χ2n) is 7.15. The second-order valence-corrected chi connectivity index (χ2v) is 7.15. The molecule has 0 unspecified atom stereocenters. The van der Waals surface area contributed by atoms with E-state index in [1.807, 2.05) is 37.3 Å². The van der Waals surface area contributed by atoms with E-state index >= 15 is 0 Å². The molecular weight excluding hydrogens is 362 g/mol. The largest absolute Gasteiger partial charge is 0.465 e. The van der Waals surface area contributed by atoms with Crippen molar-refractivity contribution in [2.75, 3.05) is 13.2 Å². The highest BCUT2D eigenvalue weighted by Gasteiger charge is 2.34. The first kappa shape index (κ1) is 22.2. The van der Waals surface area contributed by atoms with Crippen LogP contribution in [0.4, 0.5) is 4.79 Å². The Labute approximate surface area is 166 Å². The van der Waals surface area contributed by atoms with Gasteiger partial charge >= 0.3 is 12.1 Å². The summed E-state index contributed by atoms with van der Waals surface area (Å²) in [5, 5.41) is 11.2. The van der Waals surface area contributed by atoms with Gasteiger partial charge in [-0.1, -0.05) is 50.1 Å². The van der Waals surface area contributed by atoms with Gasteiger partial charge in [-0.15, -0.1) is 0 Å². The zero-order valence-corrected chi connectivity index (χ0v) is 16.6. The Morgan fingerprint density at radius 2 is 2.07 bits per heavy atom. The predicted molar refractivity (Wildman–Crippen MR) is 104 cm³/mol. The molecule has 1 aromatic carbocycles. The molecule has 1 fully saturated rings. The fourth-order valence-corrected chi connectivity index (χ4v) is 3.41. The molecule has 1 heterocycles. The van der Waals surface area contributed by atoms with Gasteiger partial charge in [-0.2, -0.15) is 0 Å². The lowest BCUT2D eigenvalue weighted by molar-refractivity contribution is -0.155. The summed E-state index contributed by atoms with van der Waals surface area (Å²) in [7, 11) is 0. The molecular formula is C21H31NO6. The first-order valence-corrected chi connectivity index (χ1v) is 9.94. The van der Waals surface area contributed by atoms with Crippen molar-refractivity contribution in [1.82, 2.24) is 5.32 Å². The fraction of sp³-hybridized carbons (Fsp3) is 0.619. The average Bonchev–Trinajstić information content (AvgIpc) is 2.71. The number of cyclic esters (lactones) is 1.